The summed E-state index contributed by atoms with van der Waals surface area (Å²) in [5.74, 6) is 1.11. The Hall–Kier alpha value is -2.57. The number of hydrogen-bond acceptors (Lipinski definition) is 4. The lowest BCUT2D eigenvalue weighted by Gasteiger charge is -2.06. The molecule has 7 heteroatoms. The van der Waals surface area contributed by atoms with Crippen LogP contribution in [0, 0.1) is 13.8 Å². The maximum absolute atomic E-state index is 11.9. The highest BCUT2D eigenvalue weighted by molar-refractivity contribution is 5.95. The van der Waals surface area contributed by atoms with Gasteiger partial charge in [-0.3, -0.25) is 14.3 Å². The quantitative estimate of drug-likeness (QED) is 0.823. The van der Waals surface area contributed by atoms with Gasteiger partial charge in [-0.2, -0.15) is 5.10 Å². The van der Waals surface area contributed by atoms with E-state index < -0.39 is 0 Å². The molecule has 2 aromatic heterocycles. The number of hydrogen-bond donors (Lipinski definition) is 2. The van der Waals surface area contributed by atoms with Crippen LogP contribution < -0.4 is 10.6 Å². The number of rotatable bonds is 6. The van der Waals surface area contributed by atoms with Crippen LogP contribution in [0.5, 0.6) is 0 Å². The molecule has 0 spiro atoms. The molecule has 0 fully saturated rings. The van der Waals surface area contributed by atoms with Gasteiger partial charge in [0.2, 0.25) is 5.91 Å². The van der Waals surface area contributed by atoms with Gasteiger partial charge >= 0.3 is 0 Å². The van der Waals surface area contributed by atoms with E-state index in [1.165, 1.54) is 4.68 Å². The zero-order chi connectivity index (χ0) is 16.1. The molecule has 0 atom stereocenters. The summed E-state index contributed by atoms with van der Waals surface area (Å²) in [5, 5.41) is 9.39. The molecule has 2 rings (SSSR count). The standard InChI is InChI=1S/C15H20N4O3/c1-10-8-13(19(3)18-10)15(21)17-9-14(20)16-7-6-12-5-4-11(2)22-12/h4-5,8H,6-7,9H2,1-3H3,(H,16,20)(H,17,21). The minimum Gasteiger partial charge on any atom is -0.466 e. The number of amides is 2. The first-order valence-electron chi connectivity index (χ1n) is 7.06. The average molecular weight is 304 g/mol. The van der Waals surface area contributed by atoms with Crippen LogP contribution in [-0.2, 0) is 18.3 Å². The van der Waals surface area contributed by atoms with Crippen LogP contribution in [0.2, 0.25) is 0 Å². The summed E-state index contributed by atoms with van der Waals surface area (Å²) in [6, 6.07) is 5.44. The van der Waals surface area contributed by atoms with Crippen molar-refractivity contribution in [3.63, 3.8) is 0 Å². The van der Waals surface area contributed by atoms with Crippen molar-refractivity contribution >= 4 is 11.8 Å². The molecule has 2 heterocycles. The van der Waals surface area contributed by atoms with Gasteiger partial charge in [0.05, 0.1) is 12.2 Å². The smallest absolute Gasteiger partial charge is 0.269 e. The molecule has 0 saturated heterocycles. The molecule has 2 aromatic rings. The highest BCUT2D eigenvalue weighted by atomic mass is 16.3. The Bertz CT molecular complexity index is 672. The summed E-state index contributed by atoms with van der Waals surface area (Å²) >= 11 is 0. The Kier molecular flexibility index (Phi) is 4.98. The van der Waals surface area contributed by atoms with E-state index in [4.69, 9.17) is 4.42 Å². The molecule has 0 aliphatic carbocycles. The maximum Gasteiger partial charge on any atom is 0.269 e. The van der Waals surface area contributed by atoms with Crippen LogP contribution in [0.4, 0.5) is 0 Å². The third kappa shape index (κ3) is 4.21. The summed E-state index contributed by atoms with van der Waals surface area (Å²) in [5.41, 5.74) is 1.18. The SMILES string of the molecule is Cc1cc(C(=O)NCC(=O)NCCc2ccc(C)o2)n(C)n1. The van der Waals surface area contributed by atoms with Crippen LogP contribution in [-0.4, -0.2) is 34.7 Å². The van der Waals surface area contributed by atoms with E-state index in [1.54, 1.807) is 20.0 Å². The summed E-state index contributed by atoms with van der Waals surface area (Å²) in [7, 11) is 1.69. The molecule has 2 N–H and O–H groups in total. The first kappa shape index (κ1) is 15.8. The molecule has 2 amide bonds. The van der Waals surface area contributed by atoms with Crippen molar-refractivity contribution in [1.29, 1.82) is 0 Å². The lowest BCUT2D eigenvalue weighted by atomic mass is 10.3. The third-order valence-corrected chi connectivity index (χ3v) is 3.13. The number of carbonyl (C=O) groups is 2. The largest absolute Gasteiger partial charge is 0.466 e. The fourth-order valence-electron chi connectivity index (χ4n) is 2.08. The molecule has 22 heavy (non-hydrogen) atoms. The third-order valence-electron chi connectivity index (χ3n) is 3.13. The normalized spacial score (nSPS) is 10.5. The monoisotopic (exact) mass is 304 g/mol. The molecule has 0 aromatic carbocycles. The Labute approximate surface area is 128 Å². The summed E-state index contributed by atoms with van der Waals surface area (Å²) < 4.78 is 6.89. The van der Waals surface area contributed by atoms with E-state index in [2.05, 4.69) is 15.7 Å². The molecule has 118 valence electrons. The van der Waals surface area contributed by atoms with Crippen molar-refractivity contribution < 1.29 is 14.0 Å². The predicted molar refractivity (Wildman–Crippen MR) is 80.4 cm³/mol. The molecule has 0 aliphatic heterocycles. The van der Waals surface area contributed by atoms with Crippen molar-refractivity contribution in [2.45, 2.75) is 20.3 Å². The molecule has 0 bridgehead atoms. The number of nitrogens with zero attached hydrogens (tertiary/aromatic N) is 2. The summed E-state index contributed by atoms with van der Waals surface area (Å²) in [6.45, 7) is 4.07. The number of aryl methyl sites for hydroxylation is 3. The fourth-order valence-corrected chi connectivity index (χ4v) is 2.08. The van der Waals surface area contributed by atoms with Gasteiger partial charge in [0.1, 0.15) is 17.2 Å². The van der Waals surface area contributed by atoms with Gasteiger partial charge in [-0.05, 0) is 32.0 Å². The highest BCUT2D eigenvalue weighted by Gasteiger charge is 2.12. The predicted octanol–water partition coefficient (Wildman–Crippen LogP) is 0.719. The van der Waals surface area contributed by atoms with Crippen LogP contribution in [0.25, 0.3) is 0 Å². The average Bonchev–Trinajstić information content (AvgIpc) is 3.01. The minimum atomic E-state index is -0.320. The first-order valence-corrected chi connectivity index (χ1v) is 7.06. The molecule has 7 nitrogen and oxygen atoms in total. The van der Waals surface area contributed by atoms with Crippen molar-refractivity contribution in [2.75, 3.05) is 13.1 Å². The van der Waals surface area contributed by atoms with Gasteiger partial charge < -0.3 is 15.1 Å². The zero-order valence-corrected chi connectivity index (χ0v) is 13.0. The fraction of sp³-hybridized carbons (Fsp3) is 0.400. The van der Waals surface area contributed by atoms with Crippen molar-refractivity contribution in [1.82, 2.24) is 20.4 Å². The number of nitrogens with one attached hydrogen (secondary N) is 2. The summed E-state index contributed by atoms with van der Waals surface area (Å²) in [6.07, 6.45) is 0.619. The maximum atomic E-state index is 11.9. The zero-order valence-electron chi connectivity index (χ0n) is 13.0. The number of aromatic nitrogens is 2. The second kappa shape index (κ2) is 6.93. The van der Waals surface area contributed by atoms with Gasteiger partial charge in [0.25, 0.3) is 5.91 Å². The minimum absolute atomic E-state index is 0.0692. The molecule has 0 unspecified atom stereocenters. The van der Waals surface area contributed by atoms with E-state index in [0.717, 1.165) is 17.2 Å². The van der Waals surface area contributed by atoms with Gasteiger partial charge in [0.15, 0.2) is 0 Å². The van der Waals surface area contributed by atoms with E-state index in [1.807, 2.05) is 19.1 Å². The van der Waals surface area contributed by atoms with Gasteiger partial charge in [-0.1, -0.05) is 0 Å². The Morgan fingerprint density at radius 3 is 2.64 bits per heavy atom. The van der Waals surface area contributed by atoms with E-state index >= 15 is 0 Å². The summed E-state index contributed by atoms with van der Waals surface area (Å²) in [4.78, 5) is 23.6. The van der Waals surface area contributed by atoms with E-state index in [-0.39, 0.29) is 18.4 Å². The lowest BCUT2D eigenvalue weighted by Crippen LogP contribution is -2.38. The molecule has 0 aliphatic rings. The Balaban J connectivity index is 1.71. The topological polar surface area (TPSA) is 89.2 Å². The van der Waals surface area contributed by atoms with E-state index in [0.29, 0.717) is 18.7 Å². The molecule has 0 saturated carbocycles. The number of furan rings is 1. The molecular formula is C15H20N4O3. The van der Waals surface area contributed by atoms with Gasteiger partial charge in [0, 0.05) is 20.0 Å². The van der Waals surface area contributed by atoms with Crippen molar-refractivity contribution in [3.8, 4) is 0 Å². The second-order valence-corrected chi connectivity index (χ2v) is 5.09. The lowest BCUT2D eigenvalue weighted by molar-refractivity contribution is -0.120. The van der Waals surface area contributed by atoms with Gasteiger partial charge in [-0.25, -0.2) is 0 Å². The van der Waals surface area contributed by atoms with Crippen LogP contribution in [0.1, 0.15) is 27.7 Å². The number of carbonyl (C=O) groups excluding carboxylic acids is 2. The van der Waals surface area contributed by atoms with Crippen LogP contribution in [0.15, 0.2) is 22.6 Å². The first-order chi connectivity index (χ1) is 10.5. The van der Waals surface area contributed by atoms with Crippen LogP contribution in [0.3, 0.4) is 0 Å². The Morgan fingerprint density at radius 2 is 2.05 bits per heavy atom. The van der Waals surface area contributed by atoms with Crippen molar-refractivity contribution in [3.05, 3.63) is 41.1 Å². The molecule has 0 radical (unpaired) electrons. The van der Waals surface area contributed by atoms with Crippen LogP contribution >= 0.6 is 0 Å². The Morgan fingerprint density at radius 1 is 1.27 bits per heavy atom. The van der Waals surface area contributed by atoms with Gasteiger partial charge in [-0.15, -0.1) is 0 Å². The van der Waals surface area contributed by atoms with E-state index in [9.17, 15) is 9.59 Å². The second-order valence-electron chi connectivity index (χ2n) is 5.09. The molecular weight excluding hydrogens is 284 g/mol. The highest BCUT2D eigenvalue weighted by Crippen LogP contribution is 2.06. The van der Waals surface area contributed by atoms with Crippen molar-refractivity contribution in [2.24, 2.45) is 7.05 Å².